The molecule has 0 aliphatic carbocycles. The van der Waals surface area contributed by atoms with Crippen LogP contribution in [0, 0.1) is 0 Å². The van der Waals surface area contributed by atoms with E-state index in [-0.39, 0.29) is 0 Å². The lowest BCUT2D eigenvalue weighted by Crippen LogP contribution is -2.26. The lowest BCUT2D eigenvalue weighted by Gasteiger charge is -2.22. The van der Waals surface area contributed by atoms with E-state index in [1.165, 1.54) is 24.0 Å². The molecule has 1 heterocycles. The predicted molar refractivity (Wildman–Crippen MR) is 71.0 cm³/mol. The van der Waals surface area contributed by atoms with Crippen molar-refractivity contribution in [2.45, 2.75) is 25.2 Å². The topological polar surface area (TPSA) is 29.1 Å². The van der Waals surface area contributed by atoms with Gasteiger partial charge in [-0.2, -0.15) is 0 Å². The van der Waals surface area contributed by atoms with E-state index in [0.717, 1.165) is 19.4 Å². The number of piperidine rings is 1. The van der Waals surface area contributed by atoms with Crippen LogP contribution in [0.4, 0.5) is 0 Å². The molecular formula is C15H19NO. The predicted octanol–water partition coefficient (Wildman–Crippen LogP) is 2.76. The van der Waals surface area contributed by atoms with Crippen molar-refractivity contribution in [1.29, 1.82) is 0 Å². The third kappa shape index (κ3) is 3.53. The molecule has 2 nitrogen and oxygen atoms in total. The van der Waals surface area contributed by atoms with Crippen molar-refractivity contribution in [2.24, 2.45) is 0 Å². The van der Waals surface area contributed by atoms with Crippen molar-refractivity contribution in [3.63, 3.8) is 0 Å². The van der Waals surface area contributed by atoms with Crippen molar-refractivity contribution in [1.82, 2.24) is 5.32 Å². The Kier molecular flexibility index (Phi) is 4.51. The molecule has 0 radical (unpaired) electrons. The molecule has 0 amide bonds. The number of carbonyl (C=O) groups excluding carboxylic acids is 1. The number of aldehydes is 1. The SMILES string of the molecule is O=CCC=Cc1ccc(C2CCNCC2)cc1. The molecule has 17 heavy (non-hydrogen) atoms. The van der Waals surface area contributed by atoms with E-state index in [0.29, 0.717) is 12.3 Å². The second-order valence-corrected chi connectivity index (χ2v) is 4.50. The summed E-state index contributed by atoms with van der Waals surface area (Å²) in [6, 6.07) is 8.71. The molecule has 0 saturated carbocycles. The van der Waals surface area contributed by atoms with E-state index >= 15 is 0 Å². The highest BCUT2D eigenvalue weighted by atomic mass is 16.1. The number of allylic oxidation sites excluding steroid dienone is 1. The van der Waals surface area contributed by atoms with Crippen LogP contribution in [0.2, 0.25) is 0 Å². The van der Waals surface area contributed by atoms with Gasteiger partial charge in [0.25, 0.3) is 0 Å². The minimum atomic E-state index is 0.496. The highest BCUT2D eigenvalue weighted by molar-refractivity contribution is 5.58. The number of rotatable bonds is 4. The first-order valence-corrected chi connectivity index (χ1v) is 6.31. The summed E-state index contributed by atoms with van der Waals surface area (Å²) < 4.78 is 0. The molecule has 2 rings (SSSR count). The van der Waals surface area contributed by atoms with Crippen molar-refractivity contribution in [2.75, 3.05) is 13.1 Å². The van der Waals surface area contributed by atoms with Crippen LogP contribution in [-0.2, 0) is 4.79 Å². The van der Waals surface area contributed by atoms with E-state index in [2.05, 4.69) is 29.6 Å². The molecule has 0 unspecified atom stereocenters. The molecule has 2 heteroatoms. The van der Waals surface area contributed by atoms with Crippen LogP contribution in [0.3, 0.4) is 0 Å². The third-order valence-corrected chi connectivity index (χ3v) is 3.29. The Labute approximate surface area is 103 Å². The highest BCUT2D eigenvalue weighted by Crippen LogP contribution is 2.25. The lowest BCUT2D eigenvalue weighted by atomic mass is 9.90. The summed E-state index contributed by atoms with van der Waals surface area (Å²) in [6.07, 6.45) is 7.78. The Morgan fingerprint density at radius 1 is 1.18 bits per heavy atom. The normalized spacial score (nSPS) is 17.4. The van der Waals surface area contributed by atoms with Gasteiger partial charge < -0.3 is 10.1 Å². The van der Waals surface area contributed by atoms with E-state index in [4.69, 9.17) is 0 Å². The Morgan fingerprint density at radius 2 is 1.88 bits per heavy atom. The number of carbonyl (C=O) groups is 1. The fourth-order valence-electron chi connectivity index (χ4n) is 2.29. The van der Waals surface area contributed by atoms with Gasteiger partial charge in [-0.05, 0) is 43.0 Å². The molecule has 0 bridgehead atoms. The zero-order valence-corrected chi connectivity index (χ0v) is 10.1. The van der Waals surface area contributed by atoms with Gasteiger partial charge >= 0.3 is 0 Å². The van der Waals surface area contributed by atoms with Gasteiger partial charge in [-0.1, -0.05) is 36.4 Å². The van der Waals surface area contributed by atoms with E-state index in [9.17, 15) is 4.79 Å². The van der Waals surface area contributed by atoms with Crippen LogP contribution in [-0.4, -0.2) is 19.4 Å². The van der Waals surface area contributed by atoms with Crippen LogP contribution < -0.4 is 5.32 Å². The summed E-state index contributed by atoms with van der Waals surface area (Å²) >= 11 is 0. The number of hydrogen-bond donors (Lipinski definition) is 1. The van der Waals surface area contributed by atoms with E-state index in [1.54, 1.807) is 0 Å². The maximum Gasteiger partial charge on any atom is 0.123 e. The van der Waals surface area contributed by atoms with E-state index < -0.39 is 0 Å². The van der Waals surface area contributed by atoms with Gasteiger partial charge in [0, 0.05) is 6.42 Å². The van der Waals surface area contributed by atoms with Crippen LogP contribution >= 0.6 is 0 Å². The maximum atomic E-state index is 10.2. The molecule has 1 aliphatic rings. The molecule has 90 valence electrons. The first kappa shape index (κ1) is 12.1. The Balaban J connectivity index is 1.99. The Hall–Kier alpha value is -1.41. The average Bonchev–Trinajstić information content (AvgIpc) is 2.41. The van der Waals surface area contributed by atoms with Gasteiger partial charge in [0.1, 0.15) is 6.29 Å². The molecular weight excluding hydrogens is 210 g/mol. The second kappa shape index (κ2) is 6.36. The monoisotopic (exact) mass is 229 g/mol. The van der Waals surface area contributed by atoms with Crippen molar-refractivity contribution >= 4 is 12.4 Å². The van der Waals surface area contributed by atoms with Gasteiger partial charge in [0.2, 0.25) is 0 Å². The smallest absolute Gasteiger partial charge is 0.123 e. The Bertz CT molecular complexity index is 374. The van der Waals surface area contributed by atoms with Gasteiger partial charge in [-0.25, -0.2) is 0 Å². The molecule has 1 aromatic rings. The molecule has 0 atom stereocenters. The van der Waals surface area contributed by atoms with Crippen LogP contribution in [0.5, 0.6) is 0 Å². The van der Waals surface area contributed by atoms with Gasteiger partial charge in [0.15, 0.2) is 0 Å². The third-order valence-electron chi connectivity index (χ3n) is 3.29. The van der Waals surface area contributed by atoms with Crippen LogP contribution in [0.15, 0.2) is 30.3 Å². The number of nitrogens with one attached hydrogen (secondary N) is 1. The minimum absolute atomic E-state index is 0.496. The summed E-state index contributed by atoms with van der Waals surface area (Å²) in [6.45, 7) is 2.26. The summed E-state index contributed by atoms with van der Waals surface area (Å²) in [4.78, 5) is 10.2. The van der Waals surface area contributed by atoms with Crippen LogP contribution in [0.1, 0.15) is 36.3 Å². The zero-order valence-electron chi connectivity index (χ0n) is 10.1. The largest absolute Gasteiger partial charge is 0.317 e. The van der Waals surface area contributed by atoms with Gasteiger partial charge in [0.05, 0.1) is 0 Å². The van der Waals surface area contributed by atoms with Crippen molar-refractivity contribution in [3.8, 4) is 0 Å². The minimum Gasteiger partial charge on any atom is -0.317 e. The summed E-state index contributed by atoms with van der Waals surface area (Å²) in [5, 5.41) is 3.39. The van der Waals surface area contributed by atoms with Crippen molar-refractivity contribution < 1.29 is 4.79 Å². The number of benzene rings is 1. The second-order valence-electron chi connectivity index (χ2n) is 4.50. The van der Waals surface area contributed by atoms with E-state index in [1.807, 2.05) is 12.2 Å². The molecule has 1 aromatic carbocycles. The fraction of sp³-hybridized carbons (Fsp3) is 0.400. The summed E-state index contributed by atoms with van der Waals surface area (Å²) in [7, 11) is 0. The highest BCUT2D eigenvalue weighted by Gasteiger charge is 2.14. The molecule has 1 N–H and O–H groups in total. The standard InChI is InChI=1S/C15H19NO/c17-12-2-1-3-13-4-6-14(7-5-13)15-8-10-16-11-9-15/h1,3-7,12,15-16H,2,8-11H2. The first-order chi connectivity index (χ1) is 8.40. The zero-order chi connectivity index (χ0) is 11.9. The summed E-state index contributed by atoms with van der Waals surface area (Å²) in [5.74, 6) is 0.712. The first-order valence-electron chi connectivity index (χ1n) is 6.31. The molecule has 1 saturated heterocycles. The molecule has 0 aromatic heterocycles. The Morgan fingerprint density at radius 3 is 2.53 bits per heavy atom. The van der Waals surface area contributed by atoms with Crippen LogP contribution in [0.25, 0.3) is 6.08 Å². The maximum absolute atomic E-state index is 10.2. The fourth-order valence-corrected chi connectivity index (χ4v) is 2.29. The lowest BCUT2D eigenvalue weighted by molar-refractivity contribution is -0.107. The molecule has 1 fully saturated rings. The average molecular weight is 229 g/mol. The molecule has 0 spiro atoms. The quantitative estimate of drug-likeness (QED) is 0.804. The van der Waals surface area contributed by atoms with Crippen molar-refractivity contribution in [3.05, 3.63) is 41.5 Å². The van der Waals surface area contributed by atoms with Gasteiger partial charge in [-0.15, -0.1) is 0 Å². The summed E-state index contributed by atoms with van der Waals surface area (Å²) in [5.41, 5.74) is 2.61. The number of hydrogen-bond acceptors (Lipinski definition) is 2. The molecule has 1 aliphatic heterocycles. The van der Waals surface area contributed by atoms with Gasteiger partial charge in [-0.3, -0.25) is 0 Å².